The number of hydrogen-bond donors (Lipinski definition) is 1. The Balaban J connectivity index is 1.22. The molecular formula is C24H26N2O5. The summed E-state index contributed by atoms with van der Waals surface area (Å²) in [4.78, 5) is 39.1. The maximum Gasteiger partial charge on any atom is 0.251 e. The minimum absolute atomic E-state index is 0.0103. The van der Waals surface area contributed by atoms with Crippen molar-refractivity contribution < 1.29 is 23.9 Å². The van der Waals surface area contributed by atoms with Crippen molar-refractivity contribution in [3.63, 3.8) is 0 Å². The van der Waals surface area contributed by atoms with Crippen LogP contribution in [-0.4, -0.2) is 48.4 Å². The third-order valence-corrected chi connectivity index (χ3v) is 5.76. The van der Waals surface area contributed by atoms with Crippen molar-refractivity contribution >= 4 is 17.6 Å². The van der Waals surface area contributed by atoms with Crippen molar-refractivity contribution in [2.24, 2.45) is 0 Å². The second kappa shape index (κ2) is 9.20. The van der Waals surface area contributed by atoms with Gasteiger partial charge in [0.1, 0.15) is 0 Å². The smallest absolute Gasteiger partial charge is 0.251 e. The highest BCUT2D eigenvalue weighted by molar-refractivity contribution is 5.98. The highest BCUT2D eigenvalue weighted by atomic mass is 16.7. The maximum absolute atomic E-state index is 12.5. The van der Waals surface area contributed by atoms with Crippen LogP contribution in [0.15, 0.2) is 42.5 Å². The van der Waals surface area contributed by atoms with Gasteiger partial charge >= 0.3 is 0 Å². The van der Waals surface area contributed by atoms with E-state index in [-0.39, 0.29) is 43.3 Å². The lowest BCUT2D eigenvalue weighted by atomic mass is 10.0. The Labute approximate surface area is 181 Å². The van der Waals surface area contributed by atoms with Crippen LogP contribution in [0.3, 0.4) is 0 Å². The molecule has 0 bridgehead atoms. The normalized spacial score (nSPS) is 15.6. The van der Waals surface area contributed by atoms with Gasteiger partial charge in [0.25, 0.3) is 5.91 Å². The summed E-state index contributed by atoms with van der Waals surface area (Å²) in [5.41, 5.74) is 2.27. The van der Waals surface area contributed by atoms with Gasteiger partial charge in [-0.05, 0) is 38.0 Å². The Bertz CT molecular complexity index is 978. The number of nitrogens with one attached hydrogen (secondary N) is 1. The summed E-state index contributed by atoms with van der Waals surface area (Å²) in [5, 5.41) is 3.03. The van der Waals surface area contributed by atoms with Gasteiger partial charge in [0.15, 0.2) is 17.3 Å². The van der Waals surface area contributed by atoms with E-state index in [1.54, 1.807) is 35.2 Å². The average Bonchev–Trinajstić information content (AvgIpc) is 3.26. The fourth-order valence-corrected chi connectivity index (χ4v) is 3.84. The molecule has 2 amide bonds. The summed E-state index contributed by atoms with van der Waals surface area (Å²) in [6.07, 6.45) is 1.80. The van der Waals surface area contributed by atoms with Crippen LogP contribution >= 0.6 is 0 Å². The number of piperidine rings is 1. The van der Waals surface area contributed by atoms with E-state index in [0.29, 0.717) is 48.6 Å². The predicted octanol–water partition coefficient (Wildman–Crippen LogP) is 3.11. The number of amides is 2. The van der Waals surface area contributed by atoms with E-state index in [9.17, 15) is 14.4 Å². The molecule has 1 saturated heterocycles. The molecule has 2 aromatic carbocycles. The third kappa shape index (κ3) is 5.05. The number of rotatable bonds is 6. The first-order valence-corrected chi connectivity index (χ1v) is 10.6. The quantitative estimate of drug-likeness (QED) is 0.723. The molecule has 0 atom stereocenters. The van der Waals surface area contributed by atoms with Crippen LogP contribution in [0.1, 0.15) is 52.0 Å². The molecule has 0 unspecified atom stereocenters. The standard InChI is InChI=1S/C24H26N2O5/c1-16-2-4-17(5-3-16)20(27)7-9-23(28)26-12-10-19(11-13-26)25-24(29)18-6-8-21-22(14-18)31-15-30-21/h2-6,8,14,19H,7,9-13,15H2,1H3,(H,25,29). The third-order valence-electron chi connectivity index (χ3n) is 5.76. The van der Waals surface area contributed by atoms with E-state index in [2.05, 4.69) is 5.32 Å². The number of benzene rings is 2. The summed E-state index contributed by atoms with van der Waals surface area (Å²) in [7, 11) is 0. The van der Waals surface area contributed by atoms with Gasteiger partial charge in [0, 0.05) is 43.1 Å². The molecule has 7 heteroatoms. The molecule has 2 aliphatic heterocycles. The maximum atomic E-state index is 12.5. The number of ketones is 1. The van der Waals surface area contributed by atoms with Gasteiger partial charge in [0.05, 0.1) is 0 Å². The second-order valence-electron chi connectivity index (χ2n) is 7.99. The van der Waals surface area contributed by atoms with Crippen LogP contribution in [0.5, 0.6) is 11.5 Å². The summed E-state index contributed by atoms with van der Waals surface area (Å²) < 4.78 is 10.6. The van der Waals surface area contributed by atoms with E-state index < -0.39 is 0 Å². The number of Topliss-reactive ketones (excluding diaryl/α,β-unsaturated/α-hetero) is 1. The Kier molecular flexibility index (Phi) is 6.21. The zero-order valence-electron chi connectivity index (χ0n) is 17.6. The van der Waals surface area contributed by atoms with Crippen molar-refractivity contribution in [3.05, 3.63) is 59.2 Å². The Morgan fingerprint density at radius 1 is 0.935 bits per heavy atom. The van der Waals surface area contributed by atoms with Gasteiger partial charge in [-0.3, -0.25) is 14.4 Å². The monoisotopic (exact) mass is 422 g/mol. The first kappa shape index (κ1) is 20.9. The summed E-state index contributed by atoms with van der Waals surface area (Å²) in [6.45, 7) is 3.29. The van der Waals surface area contributed by atoms with E-state index in [4.69, 9.17) is 9.47 Å². The fourth-order valence-electron chi connectivity index (χ4n) is 3.84. The van der Waals surface area contributed by atoms with Gasteiger partial charge in [-0.1, -0.05) is 29.8 Å². The largest absolute Gasteiger partial charge is 0.454 e. The van der Waals surface area contributed by atoms with Gasteiger partial charge in [-0.2, -0.15) is 0 Å². The van der Waals surface area contributed by atoms with Gasteiger partial charge in [-0.25, -0.2) is 0 Å². The second-order valence-corrected chi connectivity index (χ2v) is 7.99. The molecule has 4 rings (SSSR count). The van der Waals surface area contributed by atoms with Gasteiger partial charge in [0.2, 0.25) is 12.7 Å². The van der Waals surface area contributed by atoms with Crippen molar-refractivity contribution in [2.75, 3.05) is 19.9 Å². The molecule has 31 heavy (non-hydrogen) atoms. The van der Waals surface area contributed by atoms with Crippen molar-refractivity contribution in [3.8, 4) is 11.5 Å². The lowest BCUT2D eigenvalue weighted by molar-refractivity contribution is -0.132. The van der Waals surface area contributed by atoms with Crippen molar-refractivity contribution in [2.45, 2.75) is 38.6 Å². The molecule has 1 N–H and O–H groups in total. The van der Waals surface area contributed by atoms with E-state index in [1.807, 2.05) is 19.1 Å². The molecule has 0 saturated carbocycles. The van der Waals surface area contributed by atoms with E-state index in [0.717, 1.165) is 5.56 Å². The zero-order valence-corrected chi connectivity index (χ0v) is 17.6. The molecule has 0 aromatic heterocycles. The highest BCUT2D eigenvalue weighted by Crippen LogP contribution is 2.32. The minimum atomic E-state index is -0.160. The lowest BCUT2D eigenvalue weighted by Gasteiger charge is -2.32. The van der Waals surface area contributed by atoms with Crippen LogP contribution in [0.25, 0.3) is 0 Å². The van der Waals surface area contributed by atoms with Crippen molar-refractivity contribution in [1.82, 2.24) is 10.2 Å². The summed E-state index contributed by atoms with van der Waals surface area (Å²) in [5.74, 6) is 1.03. The molecule has 2 aromatic rings. The number of nitrogens with zero attached hydrogens (tertiary/aromatic N) is 1. The molecule has 0 spiro atoms. The van der Waals surface area contributed by atoms with Crippen molar-refractivity contribution in [1.29, 1.82) is 0 Å². The summed E-state index contributed by atoms with van der Waals surface area (Å²) in [6, 6.07) is 12.5. The number of likely N-dealkylation sites (tertiary alicyclic amines) is 1. The van der Waals surface area contributed by atoms with Gasteiger partial charge < -0.3 is 19.7 Å². The van der Waals surface area contributed by atoms with Crippen LogP contribution < -0.4 is 14.8 Å². The molecule has 2 heterocycles. The molecule has 0 radical (unpaired) electrons. The molecular weight excluding hydrogens is 396 g/mol. The highest BCUT2D eigenvalue weighted by Gasteiger charge is 2.25. The predicted molar refractivity (Wildman–Crippen MR) is 114 cm³/mol. The topological polar surface area (TPSA) is 84.9 Å². The number of ether oxygens (including phenoxy) is 2. The Hall–Kier alpha value is -3.35. The Morgan fingerprint density at radius 2 is 1.61 bits per heavy atom. The van der Waals surface area contributed by atoms with Crippen LogP contribution in [-0.2, 0) is 4.79 Å². The van der Waals surface area contributed by atoms with Crippen LogP contribution in [0, 0.1) is 6.92 Å². The van der Waals surface area contributed by atoms with Gasteiger partial charge in [-0.15, -0.1) is 0 Å². The number of carbonyl (C=O) groups is 3. The average molecular weight is 422 g/mol. The Morgan fingerprint density at radius 3 is 2.35 bits per heavy atom. The molecule has 2 aliphatic rings. The molecule has 1 fully saturated rings. The number of fused-ring (bicyclic) bond motifs is 1. The van der Waals surface area contributed by atoms with Crippen LogP contribution in [0.2, 0.25) is 0 Å². The number of carbonyl (C=O) groups excluding carboxylic acids is 3. The number of aryl methyl sites for hydroxylation is 1. The van der Waals surface area contributed by atoms with E-state index in [1.165, 1.54) is 0 Å². The number of hydrogen-bond acceptors (Lipinski definition) is 5. The molecule has 162 valence electrons. The lowest BCUT2D eigenvalue weighted by Crippen LogP contribution is -2.46. The molecule has 0 aliphatic carbocycles. The minimum Gasteiger partial charge on any atom is -0.454 e. The fraction of sp³-hybridized carbons (Fsp3) is 0.375. The first-order valence-electron chi connectivity index (χ1n) is 10.6. The zero-order chi connectivity index (χ0) is 21.8. The molecule has 7 nitrogen and oxygen atoms in total. The SMILES string of the molecule is Cc1ccc(C(=O)CCC(=O)N2CCC(NC(=O)c3ccc4c(c3)OCO4)CC2)cc1. The summed E-state index contributed by atoms with van der Waals surface area (Å²) >= 11 is 0. The first-order chi connectivity index (χ1) is 15.0. The van der Waals surface area contributed by atoms with Crippen LogP contribution in [0.4, 0.5) is 0 Å². The van der Waals surface area contributed by atoms with E-state index >= 15 is 0 Å².